The van der Waals surface area contributed by atoms with Crippen LogP contribution in [-0.2, 0) is 0 Å². The lowest BCUT2D eigenvalue weighted by Gasteiger charge is -2.21. The van der Waals surface area contributed by atoms with Crippen molar-refractivity contribution < 1.29 is 0 Å². The highest BCUT2D eigenvalue weighted by atomic mass is 35.5. The monoisotopic (exact) mass is 249 g/mol. The molecule has 1 aliphatic rings. The van der Waals surface area contributed by atoms with E-state index in [4.69, 9.17) is 11.6 Å². The largest absolute Gasteiger partial charge is 0.371 e. The van der Waals surface area contributed by atoms with Gasteiger partial charge in [0.25, 0.3) is 0 Å². The molecule has 1 heterocycles. The van der Waals surface area contributed by atoms with Crippen LogP contribution in [0, 0.1) is 12.8 Å². The molecule has 1 unspecified atom stereocenters. The maximum atomic E-state index is 6.16. The predicted molar refractivity (Wildman–Crippen MR) is 75.2 cm³/mol. The molecule has 1 aromatic carbocycles. The van der Waals surface area contributed by atoms with Crippen LogP contribution in [0.3, 0.4) is 0 Å². The molecule has 2 heteroatoms. The Kier molecular flexibility index (Phi) is 3.78. The van der Waals surface area contributed by atoms with E-state index < -0.39 is 0 Å². The van der Waals surface area contributed by atoms with Crippen molar-refractivity contribution in [2.75, 3.05) is 13.1 Å². The first-order valence-electron chi connectivity index (χ1n) is 6.32. The van der Waals surface area contributed by atoms with Gasteiger partial charge in [-0.1, -0.05) is 43.7 Å². The fraction of sp³-hybridized carbons (Fsp3) is 0.467. The average Bonchev–Trinajstić information content (AvgIpc) is 2.80. The molecule has 1 fully saturated rings. The quantitative estimate of drug-likeness (QED) is 0.770. The van der Waals surface area contributed by atoms with Crippen LogP contribution in [0.4, 0.5) is 0 Å². The van der Waals surface area contributed by atoms with Crippen LogP contribution in [0.5, 0.6) is 0 Å². The van der Waals surface area contributed by atoms with E-state index >= 15 is 0 Å². The molecule has 0 saturated carbocycles. The minimum atomic E-state index is 0.827. The molecule has 0 spiro atoms. The molecule has 0 aromatic heterocycles. The molecule has 0 bridgehead atoms. The molecule has 1 saturated heterocycles. The average molecular weight is 250 g/mol. The topological polar surface area (TPSA) is 3.24 Å². The van der Waals surface area contributed by atoms with E-state index in [0.717, 1.165) is 40.9 Å². The van der Waals surface area contributed by atoms with Gasteiger partial charge in [-0.05, 0) is 36.5 Å². The van der Waals surface area contributed by atoms with E-state index in [0.29, 0.717) is 0 Å². The molecule has 2 rings (SSSR count). The van der Waals surface area contributed by atoms with Crippen LogP contribution < -0.4 is 0 Å². The molecule has 1 atom stereocenters. The van der Waals surface area contributed by atoms with Gasteiger partial charge in [-0.25, -0.2) is 0 Å². The van der Waals surface area contributed by atoms with Crippen molar-refractivity contribution in [1.82, 2.24) is 4.90 Å². The van der Waals surface area contributed by atoms with Gasteiger partial charge < -0.3 is 4.90 Å². The van der Waals surface area contributed by atoms with Crippen LogP contribution in [0.25, 0.3) is 5.70 Å². The highest BCUT2D eigenvalue weighted by Gasteiger charge is 2.22. The minimum absolute atomic E-state index is 0.827. The fourth-order valence-corrected chi connectivity index (χ4v) is 2.55. The van der Waals surface area contributed by atoms with Crippen LogP contribution in [0.2, 0.25) is 5.02 Å². The van der Waals surface area contributed by atoms with Crippen molar-refractivity contribution in [3.05, 3.63) is 40.9 Å². The normalized spacial score (nSPS) is 19.7. The van der Waals surface area contributed by atoms with E-state index in [9.17, 15) is 0 Å². The molecule has 1 aromatic rings. The molecule has 0 N–H and O–H groups in total. The molecule has 0 amide bonds. The number of hydrogen-bond donors (Lipinski definition) is 0. The summed E-state index contributed by atoms with van der Waals surface area (Å²) in [5.74, 6) is 0.827. The van der Waals surface area contributed by atoms with Crippen LogP contribution in [-0.4, -0.2) is 18.0 Å². The molecule has 17 heavy (non-hydrogen) atoms. The highest BCUT2D eigenvalue weighted by molar-refractivity contribution is 6.31. The summed E-state index contributed by atoms with van der Waals surface area (Å²) in [5, 5.41) is 0.829. The summed E-state index contributed by atoms with van der Waals surface area (Å²) >= 11 is 6.16. The first-order valence-corrected chi connectivity index (χ1v) is 6.70. The van der Waals surface area contributed by atoms with Gasteiger partial charge in [-0.2, -0.15) is 0 Å². The first kappa shape index (κ1) is 12.5. The van der Waals surface area contributed by atoms with Gasteiger partial charge in [0.1, 0.15) is 0 Å². The van der Waals surface area contributed by atoms with Crippen LogP contribution in [0.1, 0.15) is 30.9 Å². The number of aryl methyl sites for hydroxylation is 1. The summed E-state index contributed by atoms with van der Waals surface area (Å²) in [6.07, 6.45) is 2.55. The molecular weight excluding hydrogens is 230 g/mol. The molecular formula is C15H20ClN. The SMILES string of the molecule is C=C(c1ccc(C)c(Cl)c1)N1CCC(CC)C1. The number of likely N-dealkylation sites (tertiary alicyclic amines) is 1. The zero-order valence-corrected chi connectivity index (χ0v) is 11.4. The lowest BCUT2D eigenvalue weighted by molar-refractivity contribution is 0.454. The second kappa shape index (κ2) is 5.14. The third kappa shape index (κ3) is 2.66. The van der Waals surface area contributed by atoms with Gasteiger partial charge >= 0.3 is 0 Å². The standard InChI is InChI=1S/C15H20ClN/c1-4-13-7-8-17(10-13)12(3)14-6-5-11(2)15(16)9-14/h5-6,9,13H,3-4,7-8,10H2,1-2H3. The Morgan fingerprint density at radius 2 is 2.29 bits per heavy atom. The van der Waals surface area contributed by atoms with Crippen molar-refractivity contribution in [3.8, 4) is 0 Å². The highest BCUT2D eigenvalue weighted by Crippen LogP contribution is 2.29. The van der Waals surface area contributed by atoms with Gasteiger partial charge in [0, 0.05) is 23.8 Å². The molecule has 1 nitrogen and oxygen atoms in total. The van der Waals surface area contributed by atoms with Gasteiger partial charge in [-0.3, -0.25) is 0 Å². The van der Waals surface area contributed by atoms with Crippen LogP contribution in [0.15, 0.2) is 24.8 Å². The second-order valence-corrected chi connectivity index (χ2v) is 5.33. The van der Waals surface area contributed by atoms with Crippen molar-refractivity contribution in [1.29, 1.82) is 0 Å². The molecule has 92 valence electrons. The summed E-state index contributed by atoms with van der Waals surface area (Å²) < 4.78 is 0. The Bertz CT molecular complexity index is 425. The maximum Gasteiger partial charge on any atom is 0.0441 e. The van der Waals surface area contributed by atoms with Gasteiger partial charge in [0.15, 0.2) is 0 Å². The Hall–Kier alpha value is -0.950. The van der Waals surface area contributed by atoms with E-state index in [1.807, 2.05) is 13.0 Å². The Labute approximate surface area is 109 Å². The zero-order chi connectivity index (χ0) is 12.4. The summed E-state index contributed by atoms with van der Waals surface area (Å²) in [4.78, 5) is 2.38. The predicted octanol–water partition coefficient (Wildman–Crippen LogP) is 4.35. The van der Waals surface area contributed by atoms with Gasteiger partial charge in [-0.15, -0.1) is 0 Å². The summed E-state index contributed by atoms with van der Waals surface area (Å²) in [6.45, 7) is 10.8. The number of rotatable bonds is 3. The second-order valence-electron chi connectivity index (χ2n) is 4.92. The molecule has 0 radical (unpaired) electrons. The van der Waals surface area contributed by atoms with Crippen LogP contribution >= 0.6 is 11.6 Å². The van der Waals surface area contributed by atoms with Crippen molar-refractivity contribution >= 4 is 17.3 Å². The third-order valence-electron chi connectivity index (χ3n) is 3.75. The Morgan fingerprint density at radius 1 is 1.53 bits per heavy atom. The van der Waals surface area contributed by atoms with Crippen molar-refractivity contribution in [3.63, 3.8) is 0 Å². The van der Waals surface area contributed by atoms with Crippen molar-refractivity contribution in [2.24, 2.45) is 5.92 Å². The lowest BCUT2D eigenvalue weighted by atomic mass is 10.1. The smallest absolute Gasteiger partial charge is 0.0441 e. The van der Waals surface area contributed by atoms with E-state index in [1.165, 1.54) is 12.8 Å². The number of nitrogens with zero attached hydrogens (tertiary/aromatic N) is 1. The van der Waals surface area contributed by atoms with Gasteiger partial charge in [0.2, 0.25) is 0 Å². The molecule has 0 aliphatic carbocycles. The minimum Gasteiger partial charge on any atom is -0.371 e. The van der Waals surface area contributed by atoms with E-state index in [2.05, 4.69) is 30.5 Å². The van der Waals surface area contributed by atoms with Crippen molar-refractivity contribution in [2.45, 2.75) is 26.7 Å². The maximum absolute atomic E-state index is 6.16. The Balaban J connectivity index is 2.12. The zero-order valence-electron chi connectivity index (χ0n) is 10.7. The third-order valence-corrected chi connectivity index (χ3v) is 4.16. The summed E-state index contributed by atoms with van der Waals surface area (Å²) in [5.41, 5.74) is 3.39. The number of hydrogen-bond acceptors (Lipinski definition) is 1. The lowest BCUT2D eigenvalue weighted by Crippen LogP contribution is -2.18. The van der Waals surface area contributed by atoms with Gasteiger partial charge in [0.05, 0.1) is 0 Å². The number of benzene rings is 1. The summed E-state index contributed by atoms with van der Waals surface area (Å²) in [7, 11) is 0. The number of halogens is 1. The summed E-state index contributed by atoms with van der Waals surface area (Å²) in [6, 6.07) is 6.21. The van der Waals surface area contributed by atoms with E-state index in [-0.39, 0.29) is 0 Å². The fourth-order valence-electron chi connectivity index (χ4n) is 2.37. The van der Waals surface area contributed by atoms with E-state index in [1.54, 1.807) is 0 Å². The Morgan fingerprint density at radius 3 is 2.88 bits per heavy atom. The molecule has 1 aliphatic heterocycles. The first-order chi connectivity index (χ1) is 8.11.